The number of benzene rings is 2. The van der Waals surface area contributed by atoms with Crippen LogP contribution in [0.15, 0.2) is 36.4 Å². The highest BCUT2D eigenvalue weighted by molar-refractivity contribution is 7.88. The number of ether oxygens (including phenoxy) is 1. The summed E-state index contributed by atoms with van der Waals surface area (Å²) in [5.74, 6) is 1.27. The van der Waals surface area contributed by atoms with Gasteiger partial charge in [0.25, 0.3) is 0 Å². The number of hydrogen-bond acceptors (Lipinski definition) is 4. The van der Waals surface area contributed by atoms with Crippen LogP contribution in [0.2, 0.25) is 0 Å². The van der Waals surface area contributed by atoms with E-state index in [0.29, 0.717) is 19.0 Å². The summed E-state index contributed by atoms with van der Waals surface area (Å²) in [5, 5.41) is 2.39. The second-order valence-corrected chi connectivity index (χ2v) is 8.82. The second-order valence-electron chi connectivity index (χ2n) is 6.84. The molecule has 6 heteroatoms. The van der Waals surface area contributed by atoms with Gasteiger partial charge in [0, 0.05) is 32.7 Å². The van der Waals surface area contributed by atoms with Crippen LogP contribution in [0.3, 0.4) is 0 Å². The Kier molecular flexibility index (Phi) is 5.32. The van der Waals surface area contributed by atoms with E-state index in [1.165, 1.54) is 22.6 Å². The monoisotopic (exact) mass is 362 g/mol. The Morgan fingerprint density at radius 2 is 1.68 bits per heavy atom. The zero-order chi connectivity index (χ0) is 18.0. The standard InChI is InChI=1S/C19H26N2O3S/c1-15(14-20-8-10-21(11-9-20)25(3,22)23)16-4-5-18-13-19(24-2)7-6-17(18)12-16/h4-7,12-13,15H,8-11,14H2,1-3H3/t15-/m0/s1. The van der Waals surface area contributed by atoms with Gasteiger partial charge in [-0.15, -0.1) is 0 Å². The fourth-order valence-corrected chi connectivity index (χ4v) is 4.24. The molecule has 0 aliphatic carbocycles. The predicted molar refractivity (Wildman–Crippen MR) is 102 cm³/mol. The topological polar surface area (TPSA) is 49.9 Å². The molecule has 1 saturated heterocycles. The molecule has 0 bridgehead atoms. The molecule has 0 amide bonds. The molecule has 136 valence electrons. The van der Waals surface area contributed by atoms with E-state index in [1.807, 2.05) is 12.1 Å². The van der Waals surface area contributed by atoms with Gasteiger partial charge in [-0.05, 0) is 34.4 Å². The van der Waals surface area contributed by atoms with Crippen LogP contribution in [0.1, 0.15) is 18.4 Å². The van der Waals surface area contributed by atoms with Crippen LogP contribution in [-0.4, -0.2) is 63.7 Å². The van der Waals surface area contributed by atoms with Crippen molar-refractivity contribution in [2.75, 3.05) is 46.1 Å². The summed E-state index contributed by atoms with van der Waals surface area (Å²) in [7, 11) is -1.38. The summed E-state index contributed by atoms with van der Waals surface area (Å²) < 4.78 is 30.1. The first kappa shape index (κ1) is 18.2. The highest BCUT2D eigenvalue weighted by atomic mass is 32.2. The Balaban J connectivity index is 1.65. The fourth-order valence-electron chi connectivity index (χ4n) is 3.41. The van der Waals surface area contributed by atoms with E-state index in [4.69, 9.17) is 4.74 Å². The van der Waals surface area contributed by atoms with Crippen molar-refractivity contribution in [2.24, 2.45) is 0 Å². The Labute approximate surface area is 150 Å². The molecule has 0 unspecified atom stereocenters. The van der Waals surface area contributed by atoms with Gasteiger partial charge >= 0.3 is 0 Å². The van der Waals surface area contributed by atoms with Gasteiger partial charge in [0.05, 0.1) is 13.4 Å². The van der Waals surface area contributed by atoms with Crippen molar-refractivity contribution in [3.63, 3.8) is 0 Å². The minimum absolute atomic E-state index is 0.399. The largest absolute Gasteiger partial charge is 0.497 e. The van der Waals surface area contributed by atoms with Crippen LogP contribution in [0.4, 0.5) is 0 Å². The first-order valence-electron chi connectivity index (χ1n) is 8.62. The van der Waals surface area contributed by atoms with Crippen molar-refractivity contribution in [3.05, 3.63) is 42.0 Å². The molecule has 2 aromatic rings. The number of methoxy groups -OCH3 is 1. The molecule has 5 nitrogen and oxygen atoms in total. The van der Waals surface area contributed by atoms with E-state index >= 15 is 0 Å². The molecule has 3 rings (SSSR count). The first-order valence-corrected chi connectivity index (χ1v) is 10.5. The fraction of sp³-hybridized carbons (Fsp3) is 0.474. The molecule has 0 radical (unpaired) electrons. The van der Waals surface area contributed by atoms with Crippen molar-refractivity contribution < 1.29 is 13.2 Å². The number of sulfonamides is 1. The van der Waals surface area contributed by atoms with Crippen molar-refractivity contribution in [2.45, 2.75) is 12.8 Å². The Bertz CT molecular complexity index is 843. The average molecular weight is 362 g/mol. The maximum atomic E-state index is 11.6. The molecule has 1 heterocycles. The van der Waals surface area contributed by atoms with Crippen molar-refractivity contribution in [3.8, 4) is 5.75 Å². The predicted octanol–water partition coefficient (Wildman–Crippen LogP) is 2.53. The Morgan fingerprint density at radius 1 is 1.04 bits per heavy atom. The third kappa shape index (κ3) is 4.32. The smallest absolute Gasteiger partial charge is 0.211 e. The van der Waals surface area contributed by atoms with Gasteiger partial charge in [-0.25, -0.2) is 8.42 Å². The zero-order valence-corrected chi connectivity index (χ0v) is 15.9. The summed E-state index contributed by atoms with van der Waals surface area (Å²) in [6.07, 6.45) is 1.29. The van der Waals surface area contributed by atoms with Crippen molar-refractivity contribution in [1.29, 1.82) is 0 Å². The van der Waals surface area contributed by atoms with Gasteiger partial charge in [-0.1, -0.05) is 31.2 Å². The molecule has 0 spiro atoms. The third-order valence-corrected chi connectivity index (χ3v) is 6.28. The molecular formula is C19H26N2O3S. The lowest BCUT2D eigenvalue weighted by Crippen LogP contribution is -2.49. The molecule has 1 aliphatic rings. The van der Waals surface area contributed by atoms with E-state index in [-0.39, 0.29) is 0 Å². The maximum absolute atomic E-state index is 11.6. The van der Waals surface area contributed by atoms with E-state index in [0.717, 1.165) is 25.4 Å². The number of piperazine rings is 1. The Hall–Kier alpha value is -1.63. The van der Waals surface area contributed by atoms with Gasteiger partial charge in [0.2, 0.25) is 10.0 Å². The molecule has 2 aromatic carbocycles. The van der Waals surface area contributed by atoms with Crippen LogP contribution in [0.25, 0.3) is 10.8 Å². The van der Waals surface area contributed by atoms with E-state index in [1.54, 1.807) is 11.4 Å². The lowest BCUT2D eigenvalue weighted by atomic mass is 9.97. The number of nitrogens with zero attached hydrogens (tertiary/aromatic N) is 2. The molecule has 1 aliphatic heterocycles. The molecule has 0 N–H and O–H groups in total. The van der Waals surface area contributed by atoms with Gasteiger partial charge in [-0.2, -0.15) is 4.31 Å². The van der Waals surface area contributed by atoms with Gasteiger partial charge in [0.15, 0.2) is 0 Å². The van der Waals surface area contributed by atoms with Gasteiger partial charge in [0.1, 0.15) is 5.75 Å². The summed E-state index contributed by atoms with van der Waals surface area (Å²) >= 11 is 0. The van der Waals surface area contributed by atoms with Gasteiger partial charge < -0.3 is 9.64 Å². The van der Waals surface area contributed by atoms with E-state index in [9.17, 15) is 8.42 Å². The molecule has 1 fully saturated rings. The van der Waals surface area contributed by atoms with Crippen LogP contribution in [0.5, 0.6) is 5.75 Å². The van der Waals surface area contributed by atoms with E-state index in [2.05, 4.69) is 36.1 Å². The quantitative estimate of drug-likeness (QED) is 0.820. The minimum Gasteiger partial charge on any atom is -0.497 e. The third-order valence-electron chi connectivity index (χ3n) is 4.97. The van der Waals surface area contributed by atoms with Gasteiger partial charge in [-0.3, -0.25) is 0 Å². The molecule has 0 aromatic heterocycles. The number of fused-ring (bicyclic) bond motifs is 1. The number of hydrogen-bond donors (Lipinski definition) is 0. The highest BCUT2D eigenvalue weighted by Crippen LogP contribution is 2.26. The highest BCUT2D eigenvalue weighted by Gasteiger charge is 2.24. The molecule has 25 heavy (non-hydrogen) atoms. The zero-order valence-electron chi connectivity index (χ0n) is 15.1. The molecular weight excluding hydrogens is 336 g/mol. The van der Waals surface area contributed by atoms with E-state index < -0.39 is 10.0 Å². The lowest BCUT2D eigenvalue weighted by molar-refractivity contribution is 0.182. The SMILES string of the molecule is COc1ccc2cc([C@@H](C)CN3CCN(S(C)(=O)=O)CC3)ccc2c1. The average Bonchev–Trinajstić information content (AvgIpc) is 2.60. The van der Waals surface area contributed by atoms with Crippen LogP contribution in [-0.2, 0) is 10.0 Å². The summed E-state index contributed by atoms with van der Waals surface area (Å²) in [5.41, 5.74) is 1.31. The van der Waals surface area contributed by atoms with Crippen molar-refractivity contribution in [1.82, 2.24) is 9.21 Å². The van der Waals surface area contributed by atoms with Crippen LogP contribution in [0, 0.1) is 0 Å². The summed E-state index contributed by atoms with van der Waals surface area (Å²) in [6.45, 7) is 5.93. The Morgan fingerprint density at radius 3 is 2.32 bits per heavy atom. The normalized spacial score (nSPS) is 18.4. The van der Waals surface area contributed by atoms with Crippen LogP contribution >= 0.6 is 0 Å². The summed E-state index contributed by atoms with van der Waals surface area (Å²) in [4.78, 5) is 2.35. The second kappa shape index (κ2) is 7.32. The van der Waals surface area contributed by atoms with Crippen molar-refractivity contribution >= 4 is 20.8 Å². The minimum atomic E-state index is -3.06. The first-order chi connectivity index (χ1) is 11.9. The maximum Gasteiger partial charge on any atom is 0.211 e. The molecule has 1 atom stereocenters. The number of rotatable bonds is 5. The lowest BCUT2D eigenvalue weighted by Gasteiger charge is -2.34. The van der Waals surface area contributed by atoms with Crippen LogP contribution < -0.4 is 4.74 Å². The summed E-state index contributed by atoms with van der Waals surface area (Å²) in [6, 6.07) is 12.7. The molecule has 0 saturated carbocycles.